The van der Waals surface area contributed by atoms with Crippen molar-refractivity contribution in [3.63, 3.8) is 0 Å². The minimum atomic E-state index is -4.11. The molecule has 0 atom stereocenters. The zero-order valence-electron chi connectivity index (χ0n) is 5.17. The van der Waals surface area contributed by atoms with Crippen LogP contribution in [0.3, 0.4) is 0 Å². The maximum atomic E-state index is 8.59. The second kappa shape index (κ2) is 11.0. The fourth-order valence-electron chi connectivity index (χ4n) is 0.177. The van der Waals surface area contributed by atoms with E-state index in [-0.39, 0.29) is 0 Å². The van der Waals surface area contributed by atoms with E-state index in [2.05, 4.69) is 13.8 Å². The molecule has 0 unspecified atom stereocenters. The Morgan fingerprint density at radius 2 is 1.22 bits per heavy atom. The molecule has 0 aliphatic rings. The fraction of sp³-hybridized carbons (Fsp3) is 0.600. The Bertz CT molecular complexity index is 113. The van der Waals surface area contributed by atoms with Crippen molar-refractivity contribution in [1.82, 2.24) is 0 Å². The van der Waals surface area contributed by atoms with Gasteiger partial charge in [0.15, 0.2) is 0 Å². The Labute approximate surface area is 60.9 Å². The van der Waals surface area contributed by atoms with Crippen molar-refractivity contribution in [2.24, 2.45) is 0 Å². The van der Waals surface area contributed by atoms with Crippen LogP contribution in [0.1, 0.15) is 19.3 Å². The molecule has 0 aliphatic heterocycles. The number of hydrogen-bond acceptors (Lipinski definition) is 3. The monoisotopic (exact) mass is 216 g/mol. The molecule has 0 saturated heterocycles. The molecule has 9 heavy (non-hydrogen) atoms. The van der Waals surface area contributed by atoms with Gasteiger partial charge in [-0.05, 0) is 0 Å². The average Bonchev–Trinajstić information content (AvgIpc) is 1.66. The molecule has 0 amide bonds. The molecule has 0 spiro atoms. The second-order valence-electron chi connectivity index (χ2n) is 1.26. The van der Waals surface area contributed by atoms with Crippen LogP contribution in [0.25, 0.3) is 0 Å². The first-order chi connectivity index (χ1) is 4.15. The molecule has 0 aromatic heterocycles. The van der Waals surface area contributed by atoms with Crippen LogP contribution in [0, 0.1) is 13.8 Å². The van der Waals surface area contributed by atoms with Gasteiger partial charge in [0.25, 0.3) is 0 Å². The zero-order chi connectivity index (χ0) is 7.70. The van der Waals surface area contributed by atoms with Crippen LogP contribution in [0.15, 0.2) is 0 Å². The summed E-state index contributed by atoms with van der Waals surface area (Å²) in [6.07, 6.45) is 3.23. The molecular weight excluding hydrogens is 204 g/mol. The first-order valence-corrected chi connectivity index (χ1v) is 4.96. The number of hydrogen-bond donors (Lipinski definition) is 0. The predicted octanol–water partition coefficient (Wildman–Crippen LogP) is 1.47. The van der Waals surface area contributed by atoms with Crippen LogP contribution >= 0.6 is 0 Å². The van der Waals surface area contributed by atoms with Crippen molar-refractivity contribution in [2.75, 3.05) is 0 Å². The molecular formula is C5H10MoO3-2. The summed E-state index contributed by atoms with van der Waals surface area (Å²) in [6, 6.07) is 0. The van der Waals surface area contributed by atoms with Crippen LogP contribution < -0.4 is 0 Å². The third kappa shape index (κ3) is 68.7. The summed E-state index contributed by atoms with van der Waals surface area (Å²) in [5, 5.41) is 0. The molecule has 4 heteroatoms. The first-order valence-electron chi connectivity index (χ1n) is 2.50. The fourth-order valence-corrected chi connectivity index (χ4v) is 0.177. The van der Waals surface area contributed by atoms with E-state index in [1.165, 1.54) is 6.42 Å². The van der Waals surface area contributed by atoms with Gasteiger partial charge in [0.2, 0.25) is 0 Å². The number of unbranched alkanes of at least 4 members (excludes halogenated alkanes) is 2. The molecule has 0 aromatic rings. The van der Waals surface area contributed by atoms with Crippen molar-refractivity contribution in [1.29, 1.82) is 0 Å². The van der Waals surface area contributed by atoms with Gasteiger partial charge < -0.3 is 13.8 Å². The zero-order valence-corrected chi connectivity index (χ0v) is 7.18. The van der Waals surface area contributed by atoms with Gasteiger partial charge in [-0.2, -0.15) is 12.8 Å². The molecule has 0 radical (unpaired) electrons. The SMILES string of the molecule is [CH2-]CCC[CH2-].[O]=[Mo](=[O])=[O]. The second-order valence-corrected chi connectivity index (χ2v) is 2.27. The molecule has 3 nitrogen and oxygen atoms in total. The van der Waals surface area contributed by atoms with Gasteiger partial charge in [0.05, 0.1) is 0 Å². The summed E-state index contributed by atoms with van der Waals surface area (Å²) in [4.78, 5) is 0. The van der Waals surface area contributed by atoms with Gasteiger partial charge in [0, 0.05) is 0 Å². The molecule has 0 saturated carbocycles. The first kappa shape index (κ1) is 11.8. The summed E-state index contributed by atoms with van der Waals surface area (Å²) >= 11 is -4.11. The molecule has 56 valence electrons. The van der Waals surface area contributed by atoms with Crippen molar-refractivity contribution < 1.29 is 27.4 Å². The molecule has 0 bridgehead atoms. The Balaban J connectivity index is 0. The van der Waals surface area contributed by atoms with E-state index in [0.29, 0.717) is 0 Å². The Morgan fingerprint density at radius 1 is 1.00 bits per heavy atom. The van der Waals surface area contributed by atoms with Gasteiger partial charge in [-0.3, -0.25) is 0 Å². The molecule has 0 aliphatic carbocycles. The van der Waals surface area contributed by atoms with E-state index in [0.717, 1.165) is 12.8 Å². The Kier molecular flexibility index (Phi) is 14.4. The van der Waals surface area contributed by atoms with Crippen LogP contribution in [0.2, 0.25) is 0 Å². The van der Waals surface area contributed by atoms with Crippen molar-refractivity contribution in [2.45, 2.75) is 19.3 Å². The molecule has 0 fully saturated rings. The Morgan fingerprint density at radius 3 is 1.22 bits per heavy atom. The average molecular weight is 214 g/mol. The van der Waals surface area contributed by atoms with Crippen LogP contribution in [0.5, 0.6) is 0 Å². The molecule has 0 rings (SSSR count). The minimum absolute atomic E-state index is 1.03. The van der Waals surface area contributed by atoms with Gasteiger partial charge in [-0.25, -0.2) is 0 Å². The maximum absolute atomic E-state index is 8.59. The van der Waals surface area contributed by atoms with E-state index in [9.17, 15) is 0 Å². The van der Waals surface area contributed by atoms with E-state index in [1.54, 1.807) is 0 Å². The van der Waals surface area contributed by atoms with E-state index < -0.39 is 17.2 Å². The van der Waals surface area contributed by atoms with Crippen LogP contribution in [-0.2, 0) is 27.4 Å². The van der Waals surface area contributed by atoms with E-state index in [1.807, 2.05) is 0 Å². The molecule has 0 N–H and O–H groups in total. The molecule has 0 heterocycles. The standard InChI is InChI=1S/C5H10.Mo.3O/c1-3-5-4-2;;;;/h1-5H2;;;;/q-2;;;;. The van der Waals surface area contributed by atoms with Crippen molar-refractivity contribution in [3.8, 4) is 0 Å². The van der Waals surface area contributed by atoms with Crippen LogP contribution in [0.4, 0.5) is 0 Å². The van der Waals surface area contributed by atoms with Gasteiger partial charge >= 0.3 is 27.4 Å². The van der Waals surface area contributed by atoms with E-state index in [4.69, 9.17) is 10.2 Å². The number of rotatable bonds is 2. The topological polar surface area (TPSA) is 51.2 Å². The van der Waals surface area contributed by atoms with Crippen molar-refractivity contribution >= 4 is 0 Å². The predicted molar refractivity (Wildman–Crippen MR) is 26.6 cm³/mol. The van der Waals surface area contributed by atoms with Gasteiger partial charge in [0.1, 0.15) is 0 Å². The normalized spacial score (nSPS) is 7.33. The summed E-state index contributed by atoms with van der Waals surface area (Å²) in [6.45, 7) is 7.27. The third-order valence-electron chi connectivity index (χ3n) is 0.500. The Hall–Kier alpha value is 0.0883. The van der Waals surface area contributed by atoms with Crippen molar-refractivity contribution in [3.05, 3.63) is 13.8 Å². The third-order valence-corrected chi connectivity index (χ3v) is 0.500. The summed E-state index contributed by atoms with van der Waals surface area (Å²) in [5.41, 5.74) is 0. The van der Waals surface area contributed by atoms with Crippen LogP contribution in [-0.4, -0.2) is 0 Å². The summed E-state index contributed by atoms with van der Waals surface area (Å²) < 4.78 is 25.8. The van der Waals surface area contributed by atoms with E-state index >= 15 is 0 Å². The van der Waals surface area contributed by atoms with Gasteiger partial charge in [-0.1, -0.05) is 0 Å². The summed E-state index contributed by atoms with van der Waals surface area (Å²) in [5.74, 6) is 0. The summed E-state index contributed by atoms with van der Waals surface area (Å²) in [7, 11) is 0. The molecule has 0 aromatic carbocycles. The quantitative estimate of drug-likeness (QED) is 0.516. The van der Waals surface area contributed by atoms with Gasteiger partial charge in [-0.15, -0.1) is 6.42 Å².